The number of halogens is 2. The normalized spacial score (nSPS) is 24.0. The number of amides is 1. The van der Waals surface area contributed by atoms with Crippen molar-refractivity contribution in [3.63, 3.8) is 0 Å². The highest BCUT2D eigenvalue weighted by molar-refractivity contribution is 6.05. The van der Waals surface area contributed by atoms with Gasteiger partial charge in [0, 0.05) is 55.0 Å². The van der Waals surface area contributed by atoms with Gasteiger partial charge in [0.2, 0.25) is 5.92 Å². The van der Waals surface area contributed by atoms with E-state index >= 15 is 0 Å². The Kier molecular flexibility index (Phi) is 7.06. The zero-order valence-electron chi connectivity index (χ0n) is 25.3. The Morgan fingerprint density at radius 2 is 1.91 bits per heavy atom. The van der Waals surface area contributed by atoms with Crippen LogP contribution in [0.2, 0.25) is 0 Å². The standard InChI is InChI=1S/C35H36F2N4O4/c1-40-27-19-23(6-7-25(27)30(31(40)24-12-17-45-20-24)22-10-15-35(36,37)16-11-22)32(44)39-34(13-3-14-34)33-38-26-8-4-21(5-9-29(42)43)18-28(26)41(33)2/h4-9,12,17-20,22,26,28H,3,10-11,13-16H2,1-2H3,(H,39,44)(H,42,43)/b9-5+. The quantitative estimate of drug-likeness (QED) is 0.292. The molecule has 2 aromatic heterocycles. The molecular formula is C35H36F2N4O4. The van der Waals surface area contributed by atoms with Crippen molar-refractivity contribution >= 4 is 28.6 Å². The van der Waals surface area contributed by atoms with Crippen LogP contribution < -0.4 is 5.32 Å². The van der Waals surface area contributed by atoms with E-state index in [-0.39, 0.29) is 36.8 Å². The van der Waals surface area contributed by atoms with E-state index in [2.05, 4.69) is 10.2 Å². The number of rotatable bonds is 7. The topological polar surface area (TPSA) is 100 Å². The third-order valence-electron chi connectivity index (χ3n) is 10.1. The van der Waals surface area contributed by atoms with Gasteiger partial charge in [-0.05, 0) is 73.4 Å². The van der Waals surface area contributed by atoms with Crippen molar-refractivity contribution in [3.8, 4) is 11.3 Å². The van der Waals surface area contributed by atoms with Crippen molar-refractivity contribution < 1.29 is 27.9 Å². The summed E-state index contributed by atoms with van der Waals surface area (Å²) in [6.45, 7) is 0. The molecule has 10 heteroatoms. The lowest BCUT2D eigenvalue weighted by Gasteiger charge is -2.45. The van der Waals surface area contributed by atoms with E-state index in [0.717, 1.165) is 64.5 Å². The highest BCUT2D eigenvalue weighted by Crippen LogP contribution is 2.47. The number of benzene rings is 1. The molecule has 1 aromatic carbocycles. The molecule has 2 N–H and O–H groups in total. The third kappa shape index (κ3) is 5.10. The number of hydrogen-bond donors (Lipinski definition) is 2. The van der Waals surface area contributed by atoms with Crippen LogP contribution in [0.5, 0.6) is 0 Å². The summed E-state index contributed by atoms with van der Waals surface area (Å²) in [5.74, 6) is -3.00. The molecule has 1 amide bonds. The molecule has 3 aromatic rings. The molecule has 0 spiro atoms. The van der Waals surface area contributed by atoms with Crippen LogP contribution in [0, 0.1) is 0 Å². The lowest BCUT2D eigenvalue weighted by Crippen LogP contribution is -2.62. The molecule has 8 nitrogen and oxygen atoms in total. The molecule has 45 heavy (non-hydrogen) atoms. The van der Waals surface area contributed by atoms with Gasteiger partial charge in [-0.3, -0.25) is 9.79 Å². The number of aliphatic imine (C=N–C) groups is 1. The molecule has 3 aliphatic carbocycles. The number of aliphatic carboxylic acids is 1. The van der Waals surface area contributed by atoms with Gasteiger partial charge >= 0.3 is 5.97 Å². The minimum Gasteiger partial charge on any atom is -0.478 e. The Hall–Kier alpha value is -4.47. The second-order valence-corrected chi connectivity index (χ2v) is 12.8. The van der Waals surface area contributed by atoms with Crippen molar-refractivity contribution in [2.45, 2.75) is 74.4 Å². The fraction of sp³-hybridized carbons (Fsp3) is 0.400. The van der Waals surface area contributed by atoms with Gasteiger partial charge in [-0.15, -0.1) is 0 Å². The highest BCUT2D eigenvalue weighted by Gasteiger charge is 2.49. The smallest absolute Gasteiger partial charge is 0.328 e. The molecule has 4 aliphatic rings. The van der Waals surface area contributed by atoms with E-state index in [1.165, 1.54) is 0 Å². The minimum absolute atomic E-state index is 0.0150. The summed E-state index contributed by atoms with van der Waals surface area (Å²) < 4.78 is 35.6. The zero-order valence-corrected chi connectivity index (χ0v) is 25.3. The predicted molar refractivity (Wildman–Crippen MR) is 168 cm³/mol. The summed E-state index contributed by atoms with van der Waals surface area (Å²) in [6, 6.07) is 7.39. The van der Waals surface area contributed by atoms with Gasteiger partial charge in [0.25, 0.3) is 5.91 Å². The maximum Gasteiger partial charge on any atom is 0.328 e. The first kappa shape index (κ1) is 29.3. The second kappa shape index (κ2) is 10.9. The Labute approximate surface area is 259 Å². The molecule has 0 bridgehead atoms. The number of carboxylic acids is 1. The molecule has 1 aliphatic heterocycles. The van der Waals surface area contributed by atoms with Gasteiger partial charge in [0.15, 0.2) is 0 Å². The van der Waals surface area contributed by atoms with Crippen LogP contribution in [-0.2, 0) is 11.8 Å². The molecular weight excluding hydrogens is 578 g/mol. The number of nitrogens with one attached hydrogen (secondary N) is 1. The number of amidine groups is 1. The first-order chi connectivity index (χ1) is 21.6. The van der Waals surface area contributed by atoms with Crippen LogP contribution in [0.3, 0.4) is 0 Å². The maximum absolute atomic E-state index is 14.1. The number of aryl methyl sites for hydroxylation is 1. The predicted octanol–water partition coefficient (Wildman–Crippen LogP) is 6.60. The van der Waals surface area contributed by atoms with E-state index in [1.54, 1.807) is 18.6 Å². The number of allylic oxidation sites excluding steroid dienone is 3. The molecule has 234 valence electrons. The SMILES string of the molecule is CN1C(C2(NC(=O)c3ccc4c(C5CCC(F)(F)CC5)c(-c5ccoc5)n(C)c4c3)CCC2)=NC2C=CC(/C=C/C(=O)O)=CC21. The molecule has 2 fully saturated rings. The van der Waals surface area contributed by atoms with E-state index in [9.17, 15) is 18.4 Å². The second-order valence-electron chi connectivity index (χ2n) is 12.8. The summed E-state index contributed by atoms with van der Waals surface area (Å²) in [7, 11) is 3.92. The molecule has 2 saturated carbocycles. The monoisotopic (exact) mass is 614 g/mol. The number of hydrogen-bond acceptors (Lipinski definition) is 5. The van der Waals surface area contributed by atoms with Crippen molar-refractivity contribution in [2.75, 3.05) is 7.05 Å². The van der Waals surface area contributed by atoms with Crippen molar-refractivity contribution in [3.05, 3.63) is 83.9 Å². The van der Waals surface area contributed by atoms with Crippen LogP contribution in [0.1, 0.15) is 66.8 Å². The number of furan rings is 1. The van der Waals surface area contributed by atoms with E-state index in [0.29, 0.717) is 18.4 Å². The number of nitrogens with zero attached hydrogens (tertiary/aromatic N) is 3. The van der Waals surface area contributed by atoms with Crippen LogP contribution in [0.4, 0.5) is 8.78 Å². The Bertz CT molecular complexity index is 1780. The Balaban J connectivity index is 1.18. The highest BCUT2D eigenvalue weighted by atomic mass is 19.3. The van der Waals surface area contributed by atoms with E-state index in [1.807, 2.05) is 61.2 Å². The van der Waals surface area contributed by atoms with Crippen molar-refractivity contribution in [1.29, 1.82) is 0 Å². The summed E-state index contributed by atoms with van der Waals surface area (Å²) in [5.41, 5.74) is 4.46. The summed E-state index contributed by atoms with van der Waals surface area (Å²) in [5, 5.41) is 13.3. The lowest BCUT2D eigenvalue weighted by molar-refractivity contribution is -0.131. The third-order valence-corrected chi connectivity index (χ3v) is 10.1. The summed E-state index contributed by atoms with van der Waals surface area (Å²) in [6.07, 6.45) is 14.9. The van der Waals surface area contributed by atoms with Crippen LogP contribution >= 0.6 is 0 Å². The van der Waals surface area contributed by atoms with Gasteiger partial charge in [-0.1, -0.05) is 24.3 Å². The van der Waals surface area contributed by atoms with E-state index in [4.69, 9.17) is 14.5 Å². The fourth-order valence-electron chi connectivity index (χ4n) is 7.57. The van der Waals surface area contributed by atoms with Gasteiger partial charge < -0.3 is 24.3 Å². The zero-order chi connectivity index (χ0) is 31.5. The number of fused-ring (bicyclic) bond motifs is 2. The molecule has 2 unspecified atom stereocenters. The van der Waals surface area contributed by atoms with Crippen molar-refractivity contribution in [2.24, 2.45) is 12.0 Å². The molecule has 2 atom stereocenters. The van der Waals surface area contributed by atoms with Crippen molar-refractivity contribution in [1.82, 2.24) is 14.8 Å². The molecule has 3 heterocycles. The first-order valence-electron chi connectivity index (χ1n) is 15.5. The van der Waals surface area contributed by atoms with Crippen LogP contribution in [-0.4, -0.2) is 62.9 Å². The average Bonchev–Trinajstić information content (AvgIpc) is 3.71. The molecule has 7 rings (SSSR count). The van der Waals surface area contributed by atoms with E-state index < -0.39 is 17.4 Å². The van der Waals surface area contributed by atoms with Crippen LogP contribution in [0.15, 0.2) is 82.2 Å². The van der Waals surface area contributed by atoms with Gasteiger partial charge in [-0.25, -0.2) is 13.6 Å². The Morgan fingerprint density at radius 3 is 2.58 bits per heavy atom. The van der Waals surface area contributed by atoms with Gasteiger partial charge in [-0.2, -0.15) is 0 Å². The Morgan fingerprint density at radius 1 is 1.13 bits per heavy atom. The maximum atomic E-state index is 14.1. The lowest BCUT2D eigenvalue weighted by atomic mass is 9.75. The fourth-order valence-corrected chi connectivity index (χ4v) is 7.57. The largest absolute Gasteiger partial charge is 0.478 e. The average molecular weight is 615 g/mol. The first-order valence-corrected chi connectivity index (χ1v) is 15.5. The minimum atomic E-state index is -2.62. The van der Waals surface area contributed by atoms with Crippen LogP contribution in [0.25, 0.3) is 22.2 Å². The number of carbonyl (C=O) groups excluding carboxylic acids is 1. The number of aromatic nitrogens is 1. The number of alkyl halides is 2. The van der Waals surface area contributed by atoms with Gasteiger partial charge in [0.1, 0.15) is 5.84 Å². The number of likely N-dealkylation sites (N-methyl/N-ethyl adjacent to an activating group) is 1. The number of carbonyl (C=O) groups is 2. The summed E-state index contributed by atoms with van der Waals surface area (Å²) in [4.78, 5) is 32.0. The summed E-state index contributed by atoms with van der Waals surface area (Å²) >= 11 is 0. The molecule has 0 radical (unpaired) electrons. The molecule has 0 saturated heterocycles. The number of carboxylic acid groups (broad SMARTS) is 1. The van der Waals surface area contributed by atoms with Gasteiger partial charge in [0.05, 0.1) is 35.8 Å².